The average molecular weight is 455 g/mol. The lowest BCUT2D eigenvalue weighted by Gasteiger charge is -2.12. The van der Waals surface area contributed by atoms with E-state index in [9.17, 15) is 4.79 Å². The third-order valence-corrected chi connectivity index (χ3v) is 4.76. The second kappa shape index (κ2) is 11.1. The summed E-state index contributed by atoms with van der Waals surface area (Å²) in [6, 6.07) is 17.7. The fraction of sp³-hybridized carbons (Fsp3) is 0.167. The maximum absolute atomic E-state index is 12.7. The van der Waals surface area contributed by atoms with Crippen LogP contribution < -0.4 is 24.4 Å². The van der Waals surface area contributed by atoms with Gasteiger partial charge < -0.3 is 18.9 Å². The van der Waals surface area contributed by atoms with E-state index in [1.165, 1.54) is 27.5 Å². The molecule has 32 heavy (non-hydrogen) atoms. The van der Waals surface area contributed by atoms with Crippen LogP contribution in [0.25, 0.3) is 0 Å². The molecule has 8 heteroatoms. The number of methoxy groups -OCH3 is 3. The highest BCUT2D eigenvalue weighted by molar-refractivity contribution is 6.30. The molecule has 3 aromatic rings. The highest BCUT2D eigenvalue weighted by Crippen LogP contribution is 2.37. The summed E-state index contributed by atoms with van der Waals surface area (Å²) >= 11 is 5.91. The lowest BCUT2D eigenvalue weighted by molar-refractivity contribution is 0.0950. The Labute approximate surface area is 191 Å². The van der Waals surface area contributed by atoms with Crippen molar-refractivity contribution in [3.8, 4) is 23.0 Å². The van der Waals surface area contributed by atoms with Gasteiger partial charge in [0.1, 0.15) is 12.4 Å². The molecule has 0 radical (unpaired) electrons. The Morgan fingerprint density at radius 2 is 1.59 bits per heavy atom. The van der Waals surface area contributed by atoms with Crippen molar-refractivity contribution >= 4 is 23.7 Å². The number of rotatable bonds is 9. The van der Waals surface area contributed by atoms with Gasteiger partial charge >= 0.3 is 0 Å². The molecule has 0 aliphatic carbocycles. The topological polar surface area (TPSA) is 78.4 Å². The molecule has 0 heterocycles. The molecule has 0 spiro atoms. The van der Waals surface area contributed by atoms with Crippen molar-refractivity contribution in [2.75, 3.05) is 21.3 Å². The molecule has 0 bridgehead atoms. The standard InChI is InChI=1S/C24H23ClN2O5/c1-29-21-12-17(13-22(30-2)23(21)31-3)14-26-27-24(28)19-6-4-5-7-20(19)32-15-16-8-10-18(25)11-9-16/h4-14H,15H2,1-3H3,(H,27,28)/b26-14+. The maximum atomic E-state index is 12.7. The molecule has 1 N–H and O–H groups in total. The van der Waals surface area contributed by atoms with Crippen LogP contribution in [0.15, 0.2) is 65.8 Å². The number of benzene rings is 3. The van der Waals surface area contributed by atoms with Gasteiger partial charge in [-0.1, -0.05) is 35.9 Å². The van der Waals surface area contributed by atoms with E-state index >= 15 is 0 Å². The summed E-state index contributed by atoms with van der Waals surface area (Å²) in [7, 11) is 4.59. The van der Waals surface area contributed by atoms with E-state index in [2.05, 4.69) is 10.5 Å². The first-order chi connectivity index (χ1) is 15.5. The summed E-state index contributed by atoms with van der Waals surface area (Å²) in [4.78, 5) is 12.7. The van der Waals surface area contributed by atoms with Crippen molar-refractivity contribution in [1.29, 1.82) is 0 Å². The number of carbonyl (C=O) groups is 1. The van der Waals surface area contributed by atoms with Crippen molar-refractivity contribution in [2.24, 2.45) is 5.10 Å². The van der Waals surface area contributed by atoms with Gasteiger partial charge in [0, 0.05) is 10.6 Å². The van der Waals surface area contributed by atoms with Crippen LogP contribution in [0.2, 0.25) is 5.02 Å². The first-order valence-corrected chi connectivity index (χ1v) is 10.0. The largest absolute Gasteiger partial charge is 0.493 e. The normalized spacial score (nSPS) is 10.6. The van der Waals surface area contributed by atoms with Gasteiger partial charge in [0.2, 0.25) is 5.75 Å². The van der Waals surface area contributed by atoms with Crippen LogP contribution in [0.5, 0.6) is 23.0 Å². The summed E-state index contributed by atoms with van der Waals surface area (Å²) in [6.07, 6.45) is 1.49. The van der Waals surface area contributed by atoms with Gasteiger partial charge in [-0.25, -0.2) is 5.43 Å². The van der Waals surface area contributed by atoms with Gasteiger partial charge in [0.05, 0.1) is 33.1 Å². The Kier molecular flexibility index (Phi) is 7.94. The van der Waals surface area contributed by atoms with Crippen LogP contribution in [-0.2, 0) is 6.61 Å². The lowest BCUT2D eigenvalue weighted by Crippen LogP contribution is -2.18. The number of hydrazone groups is 1. The second-order valence-electron chi connectivity index (χ2n) is 6.57. The van der Waals surface area contributed by atoms with Crippen molar-refractivity contribution in [2.45, 2.75) is 6.61 Å². The minimum Gasteiger partial charge on any atom is -0.493 e. The second-order valence-corrected chi connectivity index (χ2v) is 7.01. The Bertz CT molecular complexity index is 1070. The highest BCUT2D eigenvalue weighted by Gasteiger charge is 2.14. The number of halogens is 1. The molecule has 0 saturated carbocycles. The number of hydrogen-bond acceptors (Lipinski definition) is 6. The Morgan fingerprint density at radius 3 is 2.22 bits per heavy atom. The third-order valence-electron chi connectivity index (χ3n) is 4.51. The Balaban J connectivity index is 1.70. The molecule has 0 aliphatic heterocycles. The molecule has 0 atom stereocenters. The minimum absolute atomic E-state index is 0.302. The Morgan fingerprint density at radius 1 is 0.938 bits per heavy atom. The van der Waals surface area contributed by atoms with E-state index < -0.39 is 5.91 Å². The van der Waals surface area contributed by atoms with Crippen LogP contribution in [-0.4, -0.2) is 33.5 Å². The van der Waals surface area contributed by atoms with Gasteiger partial charge in [-0.3, -0.25) is 4.79 Å². The molecule has 0 unspecified atom stereocenters. The molecule has 0 fully saturated rings. The summed E-state index contributed by atoms with van der Waals surface area (Å²) in [5.74, 6) is 1.49. The SMILES string of the molecule is COc1cc(/C=N/NC(=O)c2ccccc2OCc2ccc(Cl)cc2)cc(OC)c1OC. The lowest BCUT2D eigenvalue weighted by atomic mass is 10.2. The zero-order valence-electron chi connectivity index (χ0n) is 17.9. The van der Waals surface area contributed by atoms with E-state index in [1.807, 2.05) is 12.1 Å². The van der Waals surface area contributed by atoms with Crippen LogP contribution in [0, 0.1) is 0 Å². The van der Waals surface area contributed by atoms with Gasteiger partial charge in [0.15, 0.2) is 11.5 Å². The molecule has 0 aromatic heterocycles. The van der Waals surface area contributed by atoms with E-state index in [0.717, 1.165) is 5.56 Å². The number of carbonyl (C=O) groups excluding carboxylic acids is 1. The van der Waals surface area contributed by atoms with E-state index in [4.69, 9.17) is 30.5 Å². The fourth-order valence-electron chi connectivity index (χ4n) is 2.92. The summed E-state index contributed by atoms with van der Waals surface area (Å²) < 4.78 is 21.8. The van der Waals surface area contributed by atoms with Crippen LogP contribution in [0.4, 0.5) is 0 Å². The molecule has 3 aromatic carbocycles. The summed E-state index contributed by atoms with van der Waals surface area (Å²) in [5, 5.41) is 4.70. The van der Waals surface area contributed by atoms with Crippen molar-refractivity contribution in [1.82, 2.24) is 5.43 Å². The van der Waals surface area contributed by atoms with Crippen molar-refractivity contribution in [3.63, 3.8) is 0 Å². The molecular weight excluding hydrogens is 432 g/mol. The predicted octanol–water partition coefficient (Wildman–Crippen LogP) is 4.71. The van der Waals surface area contributed by atoms with Gasteiger partial charge in [-0.15, -0.1) is 0 Å². The maximum Gasteiger partial charge on any atom is 0.275 e. The molecule has 7 nitrogen and oxygen atoms in total. The smallest absolute Gasteiger partial charge is 0.275 e. The monoisotopic (exact) mass is 454 g/mol. The Hall–Kier alpha value is -3.71. The summed E-state index contributed by atoms with van der Waals surface area (Å²) in [6.45, 7) is 0.302. The van der Waals surface area contributed by atoms with Crippen molar-refractivity contribution < 1.29 is 23.7 Å². The highest BCUT2D eigenvalue weighted by atomic mass is 35.5. The first kappa shape index (κ1) is 23.0. The summed E-state index contributed by atoms with van der Waals surface area (Å²) in [5.41, 5.74) is 4.48. The fourth-order valence-corrected chi connectivity index (χ4v) is 3.05. The van der Waals surface area contributed by atoms with Crippen LogP contribution >= 0.6 is 11.6 Å². The molecule has 1 amide bonds. The van der Waals surface area contributed by atoms with Gasteiger partial charge in [-0.05, 0) is 42.0 Å². The average Bonchev–Trinajstić information content (AvgIpc) is 2.83. The molecule has 166 valence electrons. The van der Waals surface area contributed by atoms with Gasteiger partial charge in [-0.2, -0.15) is 5.10 Å². The van der Waals surface area contributed by atoms with Gasteiger partial charge in [0.25, 0.3) is 5.91 Å². The molecule has 3 rings (SSSR count). The zero-order chi connectivity index (χ0) is 22.9. The number of para-hydroxylation sites is 1. The molecular formula is C24H23ClN2O5. The van der Waals surface area contributed by atoms with E-state index in [1.54, 1.807) is 48.5 Å². The van der Waals surface area contributed by atoms with Crippen molar-refractivity contribution in [3.05, 3.63) is 82.4 Å². The van der Waals surface area contributed by atoms with Crippen LogP contribution in [0.1, 0.15) is 21.5 Å². The quantitative estimate of drug-likeness (QED) is 0.374. The zero-order valence-corrected chi connectivity index (χ0v) is 18.7. The number of hydrogen-bond donors (Lipinski definition) is 1. The van der Waals surface area contributed by atoms with E-state index in [-0.39, 0.29) is 0 Å². The molecule has 0 aliphatic rings. The minimum atomic E-state index is -0.402. The van der Waals surface area contributed by atoms with E-state index in [0.29, 0.717) is 45.8 Å². The number of ether oxygens (including phenoxy) is 4. The number of amides is 1. The third kappa shape index (κ3) is 5.70. The molecule has 0 saturated heterocycles. The number of nitrogens with one attached hydrogen (secondary N) is 1. The predicted molar refractivity (Wildman–Crippen MR) is 123 cm³/mol. The number of nitrogens with zero attached hydrogens (tertiary/aromatic N) is 1. The van der Waals surface area contributed by atoms with Crippen LogP contribution in [0.3, 0.4) is 0 Å². The first-order valence-electron chi connectivity index (χ1n) is 9.65.